The fourth-order valence-corrected chi connectivity index (χ4v) is 7.79. The summed E-state index contributed by atoms with van der Waals surface area (Å²) in [5.74, 6) is -4.11. The molecule has 42 heavy (non-hydrogen) atoms. The zero-order chi connectivity index (χ0) is 30.3. The van der Waals surface area contributed by atoms with Crippen molar-refractivity contribution in [1.82, 2.24) is 19.9 Å². The van der Waals surface area contributed by atoms with Gasteiger partial charge in [0.05, 0.1) is 23.3 Å². The maximum absolute atomic E-state index is 15.5. The van der Waals surface area contributed by atoms with Crippen molar-refractivity contribution in [2.45, 2.75) is 51.8 Å². The molecule has 0 amide bonds. The Morgan fingerprint density at radius 3 is 2.43 bits per heavy atom. The zero-order valence-electron chi connectivity index (χ0n) is 24.1. The van der Waals surface area contributed by atoms with Crippen LogP contribution in [-0.2, 0) is 17.0 Å². The van der Waals surface area contributed by atoms with Crippen LogP contribution in [0.1, 0.15) is 49.3 Å². The maximum Gasteiger partial charge on any atom is 0.303 e. The Morgan fingerprint density at radius 1 is 1.07 bits per heavy atom. The second-order valence-corrected chi connectivity index (χ2v) is 14.6. The first kappa shape index (κ1) is 30.1. The van der Waals surface area contributed by atoms with Crippen LogP contribution in [0.25, 0.3) is 10.9 Å². The van der Waals surface area contributed by atoms with Crippen molar-refractivity contribution in [3.63, 3.8) is 0 Å². The lowest BCUT2D eigenvalue weighted by atomic mass is 9.91. The molecule has 0 saturated carbocycles. The number of fused-ring (bicyclic) bond motifs is 1. The summed E-state index contributed by atoms with van der Waals surface area (Å²) in [6, 6.07) is 14.9. The van der Waals surface area contributed by atoms with E-state index in [1.165, 1.54) is 17.7 Å². The molecule has 4 aromatic rings. The molecular formula is C31H35F3N5O2P. The summed E-state index contributed by atoms with van der Waals surface area (Å²) in [4.78, 5) is 15.8. The third-order valence-corrected chi connectivity index (χ3v) is 10.8. The summed E-state index contributed by atoms with van der Waals surface area (Å²) in [5.41, 5.74) is -1.11. The first-order chi connectivity index (χ1) is 19.8. The van der Waals surface area contributed by atoms with Crippen molar-refractivity contribution in [2.75, 3.05) is 30.7 Å². The molecule has 11 heteroatoms. The molecule has 1 saturated heterocycles. The van der Waals surface area contributed by atoms with Gasteiger partial charge in [0, 0.05) is 42.9 Å². The van der Waals surface area contributed by atoms with Crippen LogP contribution < -0.4 is 10.8 Å². The van der Waals surface area contributed by atoms with E-state index in [0.717, 1.165) is 26.5 Å². The van der Waals surface area contributed by atoms with Crippen molar-refractivity contribution in [1.29, 1.82) is 0 Å². The summed E-state index contributed by atoms with van der Waals surface area (Å²) in [6.45, 7) is 7.40. The summed E-state index contributed by atoms with van der Waals surface area (Å²) in [7, 11) is -2.79. The maximum atomic E-state index is 15.5. The average Bonchev–Trinajstić information content (AvgIpc) is 2.94. The summed E-state index contributed by atoms with van der Waals surface area (Å²) < 4.78 is 59.3. The molecule has 1 aliphatic heterocycles. The van der Waals surface area contributed by atoms with Gasteiger partial charge in [0.1, 0.15) is 35.6 Å². The number of benzene rings is 2. The highest BCUT2D eigenvalue weighted by Crippen LogP contribution is 2.46. The van der Waals surface area contributed by atoms with Crippen molar-refractivity contribution in [2.24, 2.45) is 0 Å². The van der Waals surface area contributed by atoms with Gasteiger partial charge in [-0.25, -0.2) is 14.4 Å². The fraction of sp³-hybridized carbons (Fsp3) is 0.387. The van der Waals surface area contributed by atoms with E-state index in [-0.39, 0.29) is 5.56 Å². The van der Waals surface area contributed by atoms with E-state index >= 15 is 4.39 Å². The van der Waals surface area contributed by atoms with Crippen LogP contribution in [-0.4, -0.2) is 56.0 Å². The molecule has 1 aliphatic rings. The lowest BCUT2D eigenvalue weighted by Crippen LogP contribution is -2.41. The number of hydrogen-bond donors (Lipinski definition) is 2. The highest BCUT2D eigenvalue weighted by molar-refractivity contribution is 7.71. The predicted octanol–water partition coefficient (Wildman–Crippen LogP) is 6.01. The topological polar surface area (TPSA) is 91.2 Å². The van der Waals surface area contributed by atoms with Crippen molar-refractivity contribution in [3.05, 3.63) is 89.1 Å². The minimum absolute atomic E-state index is 0.00583. The van der Waals surface area contributed by atoms with Gasteiger partial charge >= 0.3 is 5.92 Å². The van der Waals surface area contributed by atoms with E-state index < -0.39 is 36.1 Å². The summed E-state index contributed by atoms with van der Waals surface area (Å²) >= 11 is 0. The van der Waals surface area contributed by atoms with Gasteiger partial charge in [-0.1, -0.05) is 42.5 Å². The Balaban J connectivity index is 1.41. The van der Waals surface area contributed by atoms with E-state index in [9.17, 15) is 18.5 Å². The molecule has 0 aliphatic carbocycles. The number of pyridine rings is 1. The van der Waals surface area contributed by atoms with Gasteiger partial charge in [0.15, 0.2) is 0 Å². The number of hydrogen-bond acceptors (Lipinski definition) is 7. The Morgan fingerprint density at radius 2 is 1.76 bits per heavy atom. The largest absolute Gasteiger partial charge is 0.384 e. The van der Waals surface area contributed by atoms with Crippen LogP contribution in [0.2, 0.25) is 0 Å². The molecule has 1 atom stereocenters. The van der Waals surface area contributed by atoms with Crippen molar-refractivity contribution >= 4 is 29.3 Å². The first-order valence-electron chi connectivity index (χ1n) is 13.9. The van der Waals surface area contributed by atoms with Gasteiger partial charge in [-0.2, -0.15) is 8.78 Å². The molecule has 3 heterocycles. The van der Waals surface area contributed by atoms with Gasteiger partial charge in [0.2, 0.25) is 0 Å². The monoisotopic (exact) mass is 597 g/mol. The number of anilines is 1. The van der Waals surface area contributed by atoms with Crippen LogP contribution in [0.5, 0.6) is 0 Å². The molecular weight excluding hydrogens is 562 g/mol. The third-order valence-electron chi connectivity index (χ3n) is 7.86. The Hall–Kier alpha value is -3.33. The van der Waals surface area contributed by atoms with Crippen LogP contribution in [0.3, 0.4) is 0 Å². The second kappa shape index (κ2) is 11.4. The highest BCUT2D eigenvalue weighted by atomic mass is 31.2. The van der Waals surface area contributed by atoms with Gasteiger partial charge in [0.25, 0.3) is 0 Å². The fourth-order valence-electron chi connectivity index (χ4n) is 5.27. The Labute approximate surface area is 243 Å². The predicted molar refractivity (Wildman–Crippen MR) is 159 cm³/mol. The number of nitrogens with one attached hydrogen (secondary N) is 1. The molecule has 1 fully saturated rings. The van der Waals surface area contributed by atoms with E-state index in [1.54, 1.807) is 26.1 Å². The normalized spacial score (nSPS) is 16.9. The summed E-state index contributed by atoms with van der Waals surface area (Å²) in [6.07, 6.45) is 2.57. The van der Waals surface area contributed by atoms with Gasteiger partial charge in [-0.05, 0) is 45.4 Å². The molecule has 0 spiro atoms. The molecule has 0 radical (unpaired) electrons. The standard InChI is InChI=1S/C31H35F3N5O2P/c1-20(23-11-8-12-25(28(23)32)31(33,34)30(3,4)40)36-29-24-17-27(35-18-26(24)37-21(2)38-29)42(41)15-13-39(14-16-42)19-22-9-6-5-7-10-22/h5-12,17-18,20,40H,13-16,19H2,1-4H3,(H,36,37,38)/t20-/m1/s1. The molecule has 2 aromatic heterocycles. The molecule has 5 rings (SSSR count). The Bertz CT molecular complexity index is 1630. The highest BCUT2D eigenvalue weighted by Gasteiger charge is 2.49. The van der Waals surface area contributed by atoms with E-state index in [4.69, 9.17) is 0 Å². The first-order valence-corrected chi connectivity index (χ1v) is 16.0. The lowest BCUT2D eigenvalue weighted by Gasteiger charge is -2.32. The number of aryl methyl sites for hydroxylation is 1. The minimum atomic E-state index is -3.81. The lowest BCUT2D eigenvalue weighted by molar-refractivity contribution is -0.170. The number of halogens is 3. The number of alkyl halides is 2. The number of nitrogens with zero attached hydrogens (tertiary/aromatic N) is 4. The van der Waals surface area contributed by atoms with Crippen LogP contribution in [0.15, 0.2) is 60.8 Å². The van der Waals surface area contributed by atoms with Gasteiger partial charge < -0.3 is 15.0 Å². The van der Waals surface area contributed by atoms with E-state index in [1.807, 2.05) is 18.2 Å². The number of aliphatic hydroxyl groups is 1. The molecule has 2 aromatic carbocycles. The Kier molecular flexibility index (Phi) is 8.18. The third kappa shape index (κ3) is 5.93. The quantitative estimate of drug-likeness (QED) is 0.240. The van der Waals surface area contributed by atoms with E-state index in [2.05, 4.69) is 37.3 Å². The minimum Gasteiger partial charge on any atom is -0.384 e. The van der Waals surface area contributed by atoms with Crippen LogP contribution in [0, 0.1) is 12.7 Å². The van der Waals surface area contributed by atoms with Gasteiger partial charge in [-0.3, -0.25) is 9.88 Å². The smallest absolute Gasteiger partial charge is 0.303 e. The average molecular weight is 598 g/mol. The number of aromatic nitrogens is 3. The van der Waals surface area contributed by atoms with Gasteiger partial charge in [-0.15, -0.1) is 0 Å². The molecule has 2 N–H and O–H groups in total. The van der Waals surface area contributed by atoms with Crippen molar-refractivity contribution in [3.8, 4) is 0 Å². The van der Waals surface area contributed by atoms with E-state index in [0.29, 0.717) is 53.4 Å². The zero-order valence-corrected chi connectivity index (χ0v) is 25.0. The van der Waals surface area contributed by atoms with Crippen molar-refractivity contribution < 1.29 is 22.8 Å². The second-order valence-electron chi connectivity index (χ2n) is 11.5. The summed E-state index contributed by atoms with van der Waals surface area (Å²) in [5, 5.41) is 13.7. The molecule has 222 valence electrons. The van der Waals surface area contributed by atoms with Crippen LogP contribution >= 0.6 is 7.14 Å². The molecule has 0 bridgehead atoms. The van der Waals surface area contributed by atoms with Crippen LogP contribution in [0.4, 0.5) is 19.0 Å². The SMILES string of the molecule is Cc1nc(N[C@H](C)c2cccc(C(F)(F)C(C)(C)O)c2F)c2cc(P3(=O)CCN(Cc4ccccc4)CC3)ncc2n1. The molecule has 0 unspecified atom stereocenters. The molecule has 7 nitrogen and oxygen atoms in total. The number of rotatable bonds is 8.